The smallest absolute Gasteiger partial charge is 0.444 e. The van der Waals surface area contributed by atoms with Gasteiger partial charge in [0, 0.05) is 18.7 Å². The van der Waals surface area contributed by atoms with E-state index < -0.39 is 31.6 Å². The van der Waals surface area contributed by atoms with Crippen molar-refractivity contribution in [1.82, 2.24) is 10.6 Å². The Balaban J connectivity index is 2.43. The average Bonchev–Trinajstić information content (AvgIpc) is 2.74. The standard InChI is InChI=1S/C23H38FN2O7P/c1-6-30-34(29,31-7-2)33-19-15-11-10-14-18(19)20(24)21(27)25-16-12-8-9-13-17-26-22(28)32-23(3,4)5/h10-11,14-15,20H,6-9,12-13,16-17H2,1-5H3,(H,25,27)(H,26,28). The predicted molar refractivity (Wildman–Crippen MR) is 127 cm³/mol. The fourth-order valence-corrected chi connectivity index (χ4v) is 4.07. The lowest BCUT2D eigenvalue weighted by Crippen LogP contribution is -2.33. The molecule has 0 bridgehead atoms. The number of alkyl halides is 1. The molecule has 0 fully saturated rings. The fraction of sp³-hybridized carbons (Fsp3) is 0.652. The molecule has 1 aromatic carbocycles. The van der Waals surface area contributed by atoms with Gasteiger partial charge in [0.2, 0.25) is 6.17 Å². The van der Waals surface area contributed by atoms with E-state index in [0.29, 0.717) is 19.5 Å². The van der Waals surface area contributed by atoms with Crippen molar-refractivity contribution in [2.75, 3.05) is 26.3 Å². The minimum atomic E-state index is -3.93. The summed E-state index contributed by atoms with van der Waals surface area (Å²) in [7, 11) is -3.93. The second-order valence-electron chi connectivity index (χ2n) is 8.41. The molecule has 0 saturated heterocycles. The molecule has 0 aliphatic carbocycles. The van der Waals surface area contributed by atoms with Crippen LogP contribution in [0.25, 0.3) is 0 Å². The highest BCUT2D eigenvalue weighted by molar-refractivity contribution is 7.48. The molecule has 2 amide bonds. The number of rotatable bonds is 15. The summed E-state index contributed by atoms with van der Waals surface area (Å²) >= 11 is 0. The second-order valence-corrected chi connectivity index (χ2v) is 10.0. The summed E-state index contributed by atoms with van der Waals surface area (Å²) < 4.78 is 48.2. The zero-order chi connectivity index (χ0) is 25.6. The van der Waals surface area contributed by atoms with Gasteiger partial charge in [0.25, 0.3) is 5.91 Å². The van der Waals surface area contributed by atoms with Gasteiger partial charge in [-0.25, -0.2) is 13.8 Å². The molecular formula is C23H38FN2O7P. The number of ether oxygens (including phenoxy) is 1. The van der Waals surface area contributed by atoms with Crippen LogP contribution >= 0.6 is 7.82 Å². The summed E-state index contributed by atoms with van der Waals surface area (Å²) in [5, 5.41) is 5.25. The van der Waals surface area contributed by atoms with Crippen LogP contribution in [0.15, 0.2) is 24.3 Å². The van der Waals surface area contributed by atoms with Crippen molar-refractivity contribution in [1.29, 1.82) is 0 Å². The molecule has 34 heavy (non-hydrogen) atoms. The highest BCUT2D eigenvalue weighted by Gasteiger charge is 2.31. The zero-order valence-electron chi connectivity index (χ0n) is 20.7. The Labute approximate surface area is 201 Å². The fourth-order valence-electron chi connectivity index (χ4n) is 2.85. The van der Waals surface area contributed by atoms with Crippen LogP contribution in [-0.4, -0.2) is 43.9 Å². The summed E-state index contributed by atoms with van der Waals surface area (Å²) in [6.45, 7) is 9.62. The van der Waals surface area contributed by atoms with E-state index in [1.54, 1.807) is 46.8 Å². The first-order chi connectivity index (χ1) is 16.0. The summed E-state index contributed by atoms with van der Waals surface area (Å²) in [6, 6.07) is 5.92. The maximum Gasteiger partial charge on any atom is 0.530 e. The number of phosphoric acid groups is 1. The third-order valence-corrected chi connectivity index (χ3v) is 5.85. The van der Waals surface area contributed by atoms with E-state index in [0.717, 1.165) is 19.3 Å². The van der Waals surface area contributed by atoms with Crippen LogP contribution in [0, 0.1) is 0 Å². The Hall–Kier alpha value is -2.16. The van der Waals surface area contributed by atoms with Crippen molar-refractivity contribution in [3.05, 3.63) is 29.8 Å². The quantitative estimate of drug-likeness (QED) is 0.241. The van der Waals surface area contributed by atoms with E-state index >= 15 is 0 Å². The van der Waals surface area contributed by atoms with E-state index in [1.165, 1.54) is 12.1 Å². The SMILES string of the molecule is CCOP(=O)(OCC)Oc1ccccc1C(F)C(=O)NCCCCCCNC(=O)OC(C)(C)C. The van der Waals surface area contributed by atoms with Crippen molar-refractivity contribution in [3.63, 3.8) is 0 Å². The van der Waals surface area contributed by atoms with E-state index in [4.69, 9.17) is 18.3 Å². The number of unbranched alkanes of at least 4 members (excludes halogenated alkanes) is 3. The molecule has 0 spiro atoms. The normalized spacial score (nSPS) is 12.6. The summed E-state index contributed by atoms with van der Waals surface area (Å²) in [6.07, 6.45) is 0.614. The first-order valence-corrected chi connectivity index (χ1v) is 13.0. The van der Waals surface area contributed by atoms with Crippen LogP contribution in [0.4, 0.5) is 9.18 Å². The van der Waals surface area contributed by atoms with Gasteiger partial charge in [-0.3, -0.25) is 13.8 Å². The van der Waals surface area contributed by atoms with Crippen LogP contribution < -0.4 is 15.2 Å². The molecule has 1 aromatic rings. The Morgan fingerprint density at radius 1 is 0.971 bits per heavy atom. The molecule has 0 heterocycles. The number of hydrogen-bond acceptors (Lipinski definition) is 7. The highest BCUT2D eigenvalue weighted by atomic mass is 31.2. The molecule has 2 N–H and O–H groups in total. The first kappa shape index (κ1) is 29.9. The van der Waals surface area contributed by atoms with Crippen molar-refractivity contribution < 1.29 is 36.9 Å². The number of nitrogens with one attached hydrogen (secondary N) is 2. The molecule has 1 rings (SSSR count). The third-order valence-electron chi connectivity index (χ3n) is 4.28. The average molecular weight is 505 g/mol. The van der Waals surface area contributed by atoms with Gasteiger partial charge >= 0.3 is 13.9 Å². The van der Waals surface area contributed by atoms with Crippen LogP contribution in [0.1, 0.15) is 72.0 Å². The lowest BCUT2D eigenvalue weighted by molar-refractivity contribution is -0.126. The summed E-state index contributed by atoms with van der Waals surface area (Å²) in [4.78, 5) is 23.9. The molecule has 1 unspecified atom stereocenters. The second kappa shape index (κ2) is 15.0. The van der Waals surface area contributed by atoms with Crippen molar-refractivity contribution in [2.24, 2.45) is 0 Å². The van der Waals surface area contributed by atoms with Gasteiger partial charge in [-0.15, -0.1) is 0 Å². The van der Waals surface area contributed by atoms with Gasteiger partial charge in [0.1, 0.15) is 11.4 Å². The Bertz CT molecular complexity index is 807. The van der Waals surface area contributed by atoms with Crippen molar-refractivity contribution >= 4 is 19.8 Å². The molecule has 1 atom stereocenters. The molecule has 0 aliphatic heterocycles. The van der Waals surface area contributed by atoms with Gasteiger partial charge in [0.15, 0.2) is 0 Å². The third kappa shape index (κ3) is 11.8. The number of carbonyl (C=O) groups is 2. The summed E-state index contributed by atoms with van der Waals surface area (Å²) in [5.41, 5.74) is -0.594. The highest BCUT2D eigenvalue weighted by Crippen LogP contribution is 2.50. The molecule has 0 saturated carbocycles. The molecule has 0 radical (unpaired) electrons. The van der Waals surface area contributed by atoms with Gasteiger partial charge in [-0.05, 0) is 53.5 Å². The summed E-state index contributed by atoms with van der Waals surface area (Å²) in [5.74, 6) is -0.891. The van der Waals surface area contributed by atoms with E-state index in [2.05, 4.69) is 10.6 Å². The van der Waals surface area contributed by atoms with Gasteiger partial charge in [-0.1, -0.05) is 31.0 Å². The molecule has 194 valence electrons. The molecular weight excluding hydrogens is 466 g/mol. The lowest BCUT2D eigenvalue weighted by Gasteiger charge is -2.20. The maximum absolute atomic E-state index is 14.9. The van der Waals surface area contributed by atoms with Crippen LogP contribution in [-0.2, 0) is 23.1 Å². The largest absolute Gasteiger partial charge is 0.530 e. The van der Waals surface area contributed by atoms with Crippen LogP contribution in [0.2, 0.25) is 0 Å². The lowest BCUT2D eigenvalue weighted by atomic mass is 10.1. The number of carbonyl (C=O) groups excluding carboxylic acids is 2. The number of amides is 2. The molecule has 9 nitrogen and oxygen atoms in total. The Morgan fingerprint density at radius 3 is 2.09 bits per heavy atom. The number of benzene rings is 1. The minimum Gasteiger partial charge on any atom is -0.444 e. The number of alkyl carbamates (subject to hydrolysis) is 1. The topological polar surface area (TPSA) is 112 Å². The number of phosphoric ester groups is 1. The number of para-hydroxylation sites is 1. The van der Waals surface area contributed by atoms with Gasteiger partial charge < -0.3 is 19.9 Å². The van der Waals surface area contributed by atoms with Gasteiger partial charge in [-0.2, -0.15) is 0 Å². The Morgan fingerprint density at radius 2 is 1.53 bits per heavy atom. The van der Waals surface area contributed by atoms with Crippen LogP contribution in [0.5, 0.6) is 5.75 Å². The van der Waals surface area contributed by atoms with E-state index in [1.807, 2.05) is 0 Å². The zero-order valence-corrected chi connectivity index (χ0v) is 21.6. The molecule has 0 aliphatic rings. The number of hydrogen-bond donors (Lipinski definition) is 2. The molecule has 0 aromatic heterocycles. The predicted octanol–water partition coefficient (Wildman–Crippen LogP) is 5.46. The first-order valence-electron chi connectivity index (χ1n) is 11.6. The molecule has 11 heteroatoms. The van der Waals surface area contributed by atoms with Gasteiger partial charge in [0.05, 0.1) is 13.2 Å². The van der Waals surface area contributed by atoms with E-state index in [-0.39, 0.29) is 24.5 Å². The van der Waals surface area contributed by atoms with Crippen LogP contribution in [0.3, 0.4) is 0 Å². The Kier molecular flexibility index (Phi) is 13.1. The number of halogens is 1. The monoisotopic (exact) mass is 504 g/mol. The van der Waals surface area contributed by atoms with E-state index in [9.17, 15) is 18.5 Å². The van der Waals surface area contributed by atoms with Crippen molar-refractivity contribution in [2.45, 2.75) is 72.1 Å². The maximum atomic E-state index is 14.9. The minimum absolute atomic E-state index is 0.0622. The van der Waals surface area contributed by atoms with Crippen molar-refractivity contribution in [3.8, 4) is 5.75 Å².